The zero-order valence-electron chi connectivity index (χ0n) is 9.66. The van der Waals surface area contributed by atoms with E-state index in [4.69, 9.17) is 11.5 Å². The van der Waals surface area contributed by atoms with Crippen molar-refractivity contribution in [2.45, 2.75) is 33.1 Å². The molecule has 84 valence electrons. The maximum atomic E-state index is 5.82. The lowest BCUT2D eigenvalue weighted by Gasteiger charge is -2.06. The zero-order valence-corrected chi connectivity index (χ0v) is 9.66. The van der Waals surface area contributed by atoms with Gasteiger partial charge >= 0.3 is 0 Å². The van der Waals surface area contributed by atoms with E-state index in [1.807, 2.05) is 13.0 Å². The van der Waals surface area contributed by atoms with Crippen LogP contribution in [0, 0.1) is 0 Å². The predicted octanol–water partition coefficient (Wildman–Crippen LogP) is 2.47. The highest BCUT2D eigenvalue weighted by Gasteiger charge is 2.03. The lowest BCUT2D eigenvalue weighted by Crippen LogP contribution is -2.16. The highest BCUT2D eigenvalue weighted by molar-refractivity contribution is 6.00. The molecule has 0 aromatic heterocycles. The van der Waals surface area contributed by atoms with Crippen molar-refractivity contribution in [3.63, 3.8) is 0 Å². The molecular formula is C12H21N3. The van der Waals surface area contributed by atoms with Crippen molar-refractivity contribution in [2.24, 2.45) is 16.5 Å². The van der Waals surface area contributed by atoms with Crippen molar-refractivity contribution < 1.29 is 0 Å². The highest BCUT2D eigenvalue weighted by atomic mass is 14.8. The summed E-state index contributed by atoms with van der Waals surface area (Å²) in [5.74, 6) is 0. The first kappa shape index (κ1) is 13.5. The average molecular weight is 207 g/mol. The van der Waals surface area contributed by atoms with Gasteiger partial charge in [0.05, 0.1) is 11.4 Å². The molecule has 0 aliphatic heterocycles. The van der Waals surface area contributed by atoms with Gasteiger partial charge in [-0.3, -0.25) is 4.99 Å². The number of nitrogens with zero attached hydrogens (tertiary/aromatic N) is 1. The second-order valence-electron chi connectivity index (χ2n) is 3.32. The monoisotopic (exact) mass is 207 g/mol. The maximum Gasteiger partial charge on any atom is 0.0720 e. The fourth-order valence-electron chi connectivity index (χ4n) is 1.16. The Balaban J connectivity index is 4.38. The molecule has 0 saturated heterocycles. The molecule has 0 spiro atoms. The lowest BCUT2D eigenvalue weighted by atomic mass is 10.1. The Kier molecular flexibility index (Phi) is 7.06. The van der Waals surface area contributed by atoms with Crippen molar-refractivity contribution >= 4 is 5.71 Å². The number of allylic oxidation sites excluding steroid dienone is 4. The van der Waals surface area contributed by atoms with E-state index in [2.05, 4.69) is 17.6 Å². The molecule has 0 rings (SSSR count). The van der Waals surface area contributed by atoms with Gasteiger partial charge in [-0.2, -0.15) is 0 Å². The molecule has 0 amide bonds. The molecule has 3 heteroatoms. The summed E-state index contributed by atoms with van der Waals surface area (Å²) in [4.78, 5) is 4.14. The van der Waals surface area contributed by atoms with Gasteiger partial charge in [0.2, 0.25) is 0 Å². The van der Waals surface area contributed by atoms with Crippen LogP contribution in [-0.4, -0.2) is 5.71 Å². The molecule has 0 bridgehead atoms. The third-order valence-electron chi connectivity index (χ3n) is 2.00. The van der Waals surface area contributed by atoms with Crippen molar-refractivity contribution in [1.29, 1.82) is 0 Å². The smallest absolute Gasteiger partial charge is 0.0720 e. The summed E-state index contributed by atoms with van der Waals surface area (Å²) in [6, 6.07) is 0. The van der Waals surface area contributed by atoms with Gasteiger partial charge in [-0.05, 0) is 33.1 Å². The number of unbranched alkanes of at least 4 members (excludes halogenated alkanes) is 1. The average Bonchev–Trinajstić information content (AvgIpc) is 2.21. The third-order valence-corrected chi connectivity index (χ3v) is 2.00. The summed E-state index contributed by atoms with van der Waals surface area (Å²) >= 11 is 0. The molecule has 4 N–H and O–H groups in total. The fourth-order valence-corrected chi connectivity index (χ4v) is 1.16. The van der Waals surface area contributed by atoms with Crippen molar-refractivity contribution in [1.82, 2.24) is 0 Å². The summed E-state index contributed by atoms with van der Waals surface area (Å²) in [6.45, 7) is 7.35. The molecular weight excluding hydrogens is 186 g/mol. The van der Waals surface area contributed by atoms with Gasteiger partial charge in [-0.25, -0.2) is 0 Å². The molecule has 0 unspecified atom stereocenters. The van der Waals surface area contributed by atoms with E-state index >= 15 is 0 Å². The van der Waals surface area contributed by atoms with Gasteiger partial charge in [0, 0.05) is 11.9 Å². The highest BCUT2D eigenvalue weighted by Crippen LogP contribution is 2.06. The molecule has 0 saturated carbocycles. The Morgan fingerprint density at radius 2 is 2.07 bits per heavy atom. The largest absolute Gasteiger partial charge is 0.401 e. The first-order valence-electron chi connectivity index (χ1n) is 5.14. The van der Waals surface area contributed by atoms with Crippen LogP contribution in [0.3, 0.4) is 0 Å². The van der Waals surface area contributed by atoms with Crippen molar-refractivity contribution in [3.8, 4) is 0 Å². The van der Waals surface area contributed by atoms with Gasteiger partial charge in [-0.1, -0.05) is 18.7 Å². The zero-order chi connectivity index (χ0) is 11.7. The molecule has 0 fully saturated rings. The summed E-state index contributed by atoms with van der Waals surface area (Å²) in [5.41, 5.74) is 13.5. The number of hydrogen-bond acceptors (Lipinski definition) is 3. The molecule has 0 aliphatic rings. The van der Waals surface area contributed by atoms with E-state index in [9.17, 15) is 0 Å². The fraction of sp³-hybridized carbons (Fsp3) is 0.417. The molecule has 0 aromatic rings. The van der Waals surface area contributed by atoms with Crippen LogP contribution >= 0.6 is 0 Å². The molecule has 0 heterocycles. The number of nitrogens with two attached hydrogens (primary N) is 2. The van der Waals surface area contributed by atoms with Gasteiger partial charge < -0.3 is 11.5 Å². The van der Waals surface area contributed by atoms with Crippen LogP contribution in [0.15, 0.2) is 41.3 Å². The van der Waals surface area contributed by atoms with Crippen LogP contribution in [0.4, 0.5) is 0 Å². The second-order valence-corrected chi connectivity index (χ2v) is 3.32. The lowest BCUT2D eigenvalue weighted by molar-refractivity contribution is 0.888. The Morgan fingerprint density at radius 3 is 2.53 bits per heavy atom. The van der Waals surface area contributed by atoms with E-state index < -0.39 is 0 Å². The Hall–Kier alpha value is -1.51. The summed E-state index contributed by atoms with van der Waals surface area (Å²) in [5, 5.41) is 0. The molecule has 3 nitrogen and oxygen atoms in total. The van der Waals surface area contributed by atoms with Crippen molar-refractivity contribution in [2.75, 3.05) is 0 Å². The normalized spacial score (nSPS) is 14.1. The molecule has 0 aliphatic carbocycles. The molecule has 0 radical (unpaired) electrons. The Morgan fingerprint density at radius 1 is 1.40 bits per heavy atom. The molecule has 0 atom stereocenters. The summed E-state index contributed by atoms with van der Waals surface area (Å²) in [7, 11) is 0. The van der Waals surface area contributed by atoms with E-state index in [0.717, 1.165) is 25.0 Å². The third kappa shape index (κ3) is 5.73. The van der Waals surface area contributed by atoms with Gasteiger partial charge in [0.1, 0.15) is 0 Å². The Bertz CT molecular complexity index is 281. The summed E-state index contributed by atoms with van der Waals surface area (Å²) in [6.07, 6.45) is 8.55. The SMILES string of the molecule is C=CN=C(CCC/C=C/C)C(N)=C(C)N. The second kappa shape index (κ2) is 7.85. The van der Waals surface area contributed by atoms with E-state index in [-0.39, 0.29) is 0 Å². The summed E-state index contributed by atoms with van der Waals surface area (Å²) < 4.78 is 0. The first-order valence-corrected chi connectivity index (χ1v) is 5.14. The number of rotatable bonds is 6. The van der Waals surface area contributed by atoms with E-state index in [1.165, 1.54) is 6.20 Å². The predicted molar refractivity (Wildman–Crippen MR) is 67.4 cm³/mol. The number of aliphatic imine (C=N–C) groups is 1. The van der Waals surface area contributed by atoms with Gasteiger partial charge in [0.15, 0.2) is 0 Å². The number of hydrogen-bond donors (Lipinski definition) is 2. The van der Waals surface area contributed by atoms with Crippen LogP contribution in [-0.2, 0) is 0 Å². The van der Waals surface area contributed by atoms with Crippen LogP contribution in [0.2, 0.25) is 0 Å². The maximum absolute atomic E-state index is 5.82. The first-order chi connectivity index (χ1) is 7.13. The van der Waals surface area contributed by atoms with E-state index in [0.29, 0.717) is 11.4 Å². The minimum atomic E-state index is 0.579. The van der Waals surface area contributed by atoms with Crippen LogP contribution in [0.25, 0.3) is 0 Å². The van der Waals surface area contributed by atoms with Crippen LogP contribution in [0.5, 0.6) is 0 Å². The van der Waals surface area contributed by atoms with Crippen LogP contribution < -0.4 is 11.5 Å². The standard InChI is InChI=1S/C12H21N3/c1-4-6-7-8-9-11(15-5-2)12(14)10(3)13/h4-6H,2,7-9,13-14H2,1,3H3/b6-4+,12-10?,15-11?. The van der Waals surface area contributed by atoms with Gasteiger partial charge in [0.25, 0.3) is 0 Å². The van der Waals surface area contributed by atoms with Crippen LogP contribution in [0.1, 0.15) is 33.1 Å². The minimum absolute atomic E-state index is 0.579. The molecule has 0 aromatic carbocycles. The van der Waals surface area contributed by atoms with Gasteiger partial charge in [-0.15, -0.1) is 0 Å². The quantitative estimate of drug-likeness (QED) is 0.399. The van der Waals surface area contributed by atoms with E-state index in [1.54, 1.807) is 6.92 Å². The Labute approximate surface area is 92.3 Å². The minimum Gasteiger partial charge on any atom is -0.401 e. The molecule has 15 heavy (non-hydrogen) atoms. The topological polar surface area (TPSA) is 64.4 Å². The van der Waals surface area contributed by atoms with Crippen molar-refractivity contribution in [3.05, 3.63) is 36.3 Å².